The number of ether oxygens (including phenoxy) is 2. The molecule has 0 radical (unpaired) electrons. The Morgan fingerprint density at radius 3 is 2.41 bits per heavy atom. The van der Waals surface area contributed by atoms with Crippen LogP contribution in [0.15, 0.2) is 42.5 Å². The molecule has 27 heavy (non-hydrogen) atoms. The number of anilines is 1. The van der Waals surface area contributed by atoms with Crippen LogP contribution in [0.3, 0.4) is 0 Å². The van der Waals surface area contributed by atoms with Crippen LogP contribution >= 0.6 is 11.6 Å². The van der Waals surface area contributed by atoms with Gasteiger partial charge in [-0.2, -0.15) is 5.26 Å². The highest BCUT2D eigenvalue weighted by Crippen LogP contribution is 2.22. The Hall–Kier alpha value is -3.11. The minimum atomic E-state index is -1.12. The molecule has 0 aliphatic carbocycles. The van der Waals surface area contributed by atoms with Crippen molar-refractivity contribution >= 4 is 29.2 Å². The first-order valence-corrected chi connectivity index (χ1v) is 8.31. The Morgan fingerprint density at radius 1 is 1.15 bits per heavy atom. The molecule has 140 valence electrons. The zero-order chi connectivity index (χ0) is 20.0. The standard InChI is InChI=1S/C19H16ClFN2O4/c1-11(18(24)23-17-8-5-14(21)9-16(17)20)27-19(25)12(2)26-15-6-3-13(10-22)4-7-15/h3-9,11-12H,1-2H3,(H,23,24)/t11-,12-/m1/s1. The summed E-state index contributed by atoms with van der Waals surface area (Å²) in [7, 11) is 0. The summed E-state index contributed by atoms with van der Waals surface area (Å²) in [5, 5.41) is 11.2. The van der Waals surface area contributed by atoms with Crippen molar-refractivity contribution in [1.29, 1.82) is 5.26 Å². The number of carbonyl (C=O) groups excluding carboxylic acids is 2. The molecule has 0 bridgehead atoms. The number of halogens is 2. The summed E-state index contributed by atoms with van der Waals surface area (Å²) in [6.45, 7) is 2.86. The van der Waals surface area contributed by atoms with Crippen LogP contribution in [-0.2, 0) is 14.3 Å². The van der Waals surface area contributed by atoms with Crippen LogP contribution < -0.4 is 10.1 Å². The largest absolute Gasteiger partial charge is 0.479 e. The van der Waals surface area contributed by atoms with E-state index < -0.39 is 29.9 Å². The molecule has 0 heterocycles. The highest BCUT2D eigenvalue weighted by molar-refractivity contribution is 6.33. The fourth-order valence-electron chi connectivity index (χ4n) is 2.01. The molecule has 0 fully saturated rings. The van der Waals surface area contributed by atoms with E-state index in [1.807, 2.05) is 6.07 Å². The molecule has 1 amide bonds. The van der Waals surface area contributed by atoms with Crippen LogP contribution in [0.25, 0.3) is 0 Å². The maximum atomic E-state index is 13.0. The highest BCUT2D eigenvalue weighted by Gasteiger charge is 2.23. The molecular formula is C19H16ClFN2O4. The maximum Gasteiger partial charge on any atom is 0.347 e. The second-order valence-corrected chi connectivity index (χ2v) is 6.00. The molecular weight excluding hydrogens is 375 g/mol. The van der Waals surface area contributed by atoms with Gasteiger partial charge in [0.2, 0.25) is 0 Å². The van der Waals surface area contributed by atoms with Gasteiger partial charge in [-0.1, -0.05) is 11.6 Å². The maximum absolute atomic E-state index is 13.0. The van der Waals surface area contributed by atoms with Crippen molar-refractivity contribution in [2.24, 2.45) is 0 Å². The van der Waals surface area contributed by atoms with Crippen molar-refractivity contribution in [1.82, 2.24) is 0 Å². The second kappa shape index (κ2) is 9.01. The molecule has 0 saturated carbocycles. The van der Waals surface area contributed by atoms with E-state index in [9.17, 15) is 14.0 Å². The van der Waals surface area contributed by atoms with Crippen LogP contribution in [0.1, 0.15) is 19.4 Å². The quantitative estimate of drug-likeness (QED) is 0.760. The van der Waals surface area contributed by atoms with Gasteiger partial charge in [0.25, 0.3) is 5.91 Å². The predicted octanol–water partition coefficient (Wildman–Crippen LogP) is 3.69. The third-order valence-electron chi connectivity index (χ3n) is 3.48. The number of hydrogen-bond acceptors (Lipinski definition) is 5. The van der Waals surface area contributed by atoms with Crippen LogP contribution in [0.5, 0.6) is 5.75 Å². The molecule has 8 heteroatoms. The molecule has 2 aromatic rings. The monoisotopic (exact) mass is 390 g/mol. The zero-order valence-electron chi connectivity index (χ0n) is 14.5. The van der Waals surface area contributed by atoms with Crippen molar-refractivity contribution in [3.05, 3.63) is 58.9 Å². The lowest BCUT2D eigenvalue weighted by molar-refractivity contribution is -0.159. The molecule has 0 aliphatic rings. The number of rotatable bonds is 6. The van der Waals surface area contributed by atoms with E-state index in [4.69, 9.17) is 26.3 Å². The van der Waals surface area contributed by atoms with Gasteiger partial charge in [0.05, 0.1) is 22.3 Å². The minimum Gasteiger partial charge on any atom is -0.479 e. The third kappa shape index (κ3) is 5.69. The summed E-state index contributed by atoms with van der Waals surface area (Å²) < 4.78 is 23.5. The van der Waals surface area contributed by atoms with Gasteiger partial charge < -0.3 is 14.8 Å². The Balaban J connectivity index is 1.91. The lowest BCUT2D eigenvalue weighted by Gasteiger charge is -2.18. The number of amides is 1. The Kier molecular flexibility index (Phi) is 6.74. The van der Waals surface area contributed by atoms with Gasteiger partial charge >= 0.3 is 5.97 Å². The zero-order valence-corrected chi connectivity index (χ0v) is 15.3. The number of benzene rings is 2. The van der Waals surface area contributed by atoms with Crippen molar-refractivity contribution in [3.8, 4) is 11.8 Å². The van der Waals surface area contributed by atoms with Crippen LogP contribution in [-0.4, -0.2) is 24.1 Å². The van der Waals surface area contributed by atoms with E-state index in [0.29, 0.717) is 11.3 Å². The Labute approximate surface area is 160 Å². The number of hydrogen-bond donors (Lipinski definition) is 1. The van der Waals surface area contributed by atoms with Crippen LogP contribution in [0.2, 0.25) is 5.02 Å². The lowest BCUT2D eigenvalue weighted by Crippen LogP contribution is -2.35. The summed E-state index contributed by atoms with van der Waals surface area (Å²) in [5.74, 6) is -1.52. The van der Waals surface area contributed by atoms with Crippen LogP contribution in [0, 0.1) is 17.1 Å². The van der Waals surface area contributed by atoms with E-state index >= 15 is 0 Å². The van der Waals surface area contributed by atoms with E-state index in [-0.39, 0.29) is 10.7 Å². The van der Waals surface area contributed by atoms with E-state index in [1.165, 1.54) is 19.9 Å². The molecule has 0 aliphatic heterocycles. The number of nitriles is 1. The van der Waals surface area contributed by atoms with Gasteiger partial charge in [0, 0.05) is 0 Å². The van der Waals surface area contributed by atoms with E-state index in [1.54, 1.807) is 24.3 Å². The fourth-order valence-corrected chi connectivity index (χ4v) is 2.22. The SMILES string of the molecule is C[C@@H](OC(=O)[C@@H](C)Oc1ccc(C#N)cc1)C(=O)Nc1ccc(F)cc1Cl. The average molecular weight is 391 g/mol. The van der Waals surface area contributed by atoms with Crippen molar-refractivity contribution in [2.75, 3.05) is 5.32 Å². The van der Waals surface area contributed by atoms with Gasteiger partial charge in [0.15, 0.2) is 12.2 Å². The number of esters is 1. The number of carbonyl (C=O) groups is 2. The summed E-state index contributed by atoms with van der Waals surface area (Å²) >= 11 is 5.84. The number of nitrogens with one attached hydrogen (secondary N) is 1. The smallest absolute Gasteiger partial charge is 0.347 e. The first-order valence-electron chi connectivity index (χ1n) is 7.93. The summed E-state index contributed by atoms with van der Waals surface area (Å²) in [5.41, 5.74) is 0.662. The predicted molar refractivity (Wildman–Crippen MR) is 96.8 cm³/mol. The molecule has 0 aromatic heterocycles. The first-order chi connectivity index (χ1) is 12.8. The van der Waals surface area contributed by atoms with Gasteiger partial charge in [0.1, 0.15) is 11.6 Å². The average Bonchev–Trinajstić information content (AvgIpc) is 2.64. The Morgan fingerprint density at radius 2 is 1.81 bits per heavy atom. The second-order valence-electron chi connectivity index (χ2n) is 5.59. The summed E-state index contributed by atoms with van der Waals surface area (Å²) in [6, 6.07) is 11.7. The molecule has 1 N–H and O–H groups in total. The lowest BCUT2D eigenvalue weighted by atomic mass is 10.2. The molecule has 2 atom stereocenters. The van der Waals surface area contributed by atoms with Gasteiger partial charge in [-0.05, 0) is 56.3 Å². The Bertz CT molecular complexity index is 880. The fraction of sp³-hybridized carbons (Fsp3) is 0.211. The molecule has 2 rings (SSSR count). The number of nitrogens with zero attached hydrogens (tertiary/aromatic N) is 1. The van der Waals surface area contributed by atoms with Crippen molar-refractivity contribution in [2.45, 2.75) is 26.1 Å². The highest BCUT2D eigenvalue weighted by atomic mass is 35.5. The normalized spacial score (nSPS) is 12.4. The van der Waals surface area contributed by atoms with E-state index in [0.717, 1.165) is 12.1 Å². The first kappa shape index (κ1) is 20.2. The minimum absolute atomic E-state index is 0.0272. The molecule has 6 nitrogen and oxygen atoms in total. The molecule has 0 unspecified atom stereocenters. The molecule has 0 saturated heterocycles. The van der Waals surface area contributed by atoms with Gasteiger partial charge in [-0.15, -0.1) is 0 Å². The summed E-state index contributed by atoms with van der Waals surface area (Å²) in [6.07, 6.45) is -2.09. The van der Waals surface area contributed by atoms with Crippen molar-refractivity contribution in [3.63, 3.8) is 0 Å². The summed E-state index contributed by atoms with van der Waals surface area (Å²) in [4.78, 5) is 24.2. The van der Waals surface area contributed by atoms with E-state index in [2.05, 4.69) is 5.32 Å². The van der Waals surface area contributed by atoms with Gasteiger partial charge in [-0.25, -0.2) is 9.18 Å². The molecule has 2 aromatic carbocycles. The molecule has 0 spiro atoms. The van der Waals surface area contributed by atoms with Crippen LogP contribution in [0.4, 0.5) is 10.1 Å². The topological polar surface area (TPSA) is 88.4 Å². The third-order valence-corrected chi connectivity index (χ3v) is 3.79. The van der Waals surface area contributed by atoms with Crippen molar-refractivity contribution < 1.29 is 23.5 Å². The van der Waals surface area contributed by atoms with Gasteiger partial charge in [-0.3, -0.25) is 4.79 Å².